The standard InChI is InChI=1S/C14H17N3O/c1-14(2)11(7-12(14)18)17-13-15-8-9-5-3-4-6-10(9)16-13/h3-6,8,11-12,18H,7H2,1-2H3,(H,15,16,17). The number of hydrogen-bond donors (Lipinski definition) is 2. The Balaban J connectivity index is 1.83. The summed E-state index contributed by atoms with van der Waals surface area (Å²) in [6, 6.07) is 8.15. The third kappa shape index (κ3) is 1.73. The lowest BCUT2D eigenvalue weighted by Crippen LogP contribution is -2.57. The average Bonchev–Trinajstić information content (AvgIpc) is 2.38. The van der Waals surface area contributed by atoms with Crippen LogP contribution in [0.2, 0.25) is 0 Å². The SMILES string of the molecule is CC1(C)C(O)CC1Nc1ncc2ccccc2n1. The van der Waals surface area contributed by atoms with Gasteiger partial charge in [0.2, 0.25) is 5.95 Å². The van der Waals surface area contributed by atoms with E-state index in [0.29, 0.717) is 5.95 Å². The molecule has 0 aliphatic heterocycles. The van der Waals surface area contributed by atoms with Gasteiger partial charge in [0.1, 0.15) is 0 Å². The van der Waals surface area contributed by atoms with Crippen LogP contribution in [0.1, 0.15) is 20.3 Å². The number of hydrogen-bond acceptors (Lipinski definition) is 4. The Bertz CT molecular complexity index is 582. The minimum Gasteiger partial charge on any atom is -0.392 e. The van der Waals surface area contributed by atoms with E-state index in [0.717, 1.165) is 17.3 Å². The second-order valence-corrected chi connectivity index (χ2v) is 5.52. The second kappa shape index (κ2) is 3.92. The van der Waals surface area contributed by atoms with Crippen LogP contribution in [0.4, 0.5) is 5.95 Å². The smallest absolute Gasteiger partial charge is 0.223 e. The van der Waals surface area contributed by atoms with Gasteiger partial charge < -0.3 is 10.4 Å². The number of anilines is 1. The van der Waals surface area contributed by atoms with Crippen LogP contribution in [0.25, 0.3) is 10.9 Å². The maximum atomic E-state index is 9.72. The van der Waals surface area contributed by atoms with Gasteiger partial charge in [-0.05, 0) is 12.5 Å². The lowest BCUT2D eigenvalue weighted by molar-refractivity contribution is -0.0512. The van der Waals surface area contributed by atoms with E-state index in [1.807, 2.05) is 30.5 Å². The lowest BCUT2D eigenvalue weighted by atomic mass is 9.65. The molecule has 2 atom stereocenters. The van der Waals surface area contributed by atoms with E-state index in [-0.39, 0.29) is 17.6 Å². The molecule has 4 heteroatoms. The number of fused-ring (bicyclic) bond motifs is 1. The van der Waals surface area contributed by atoms with Crippen molar-refractivity contribution in [1.29, 1.82) is 0 Å². The highest BCUT2D eigenvalue weighted by molar-refractivity contribution is 5.78. The maximum Gasteiger partial charge on any atom is 0.223 e. The van der Waals surface area contributed by atoms with Gasteiger partial charge >= 0.3 is 0 Å². The number of benzene rings is 1. The number of para-hydroxylation sites is 1. The van der Waals surface area contributed by atoms with Crippen LogP contribution in [-0.2, 0) is 0 Å². The first kappa shape index (κ1) is 11.4. The highest BCUT2D eigenvalue weighted by Crippen LogP contribution is 2.41. The van der Waals surface area contributed by atoms with Crippen molar-refractivity contribution in [3.05, 3.63) is 30.5 Å². The average molecular weight is 243 g/mol. The summed E-state index contributed by atoms with van der Waals surface area (Å²) in [4.78, 5) is 8.80. The third-order valence-corrected chi connectivity index (χ3v) is 4.01. The molecule has 3 rings (SSSR count). The van der Waals surface area contributed by atoms with E-state index in [2.05, 4.69) is 29.1 Å². The summed E-state index contributed by atoms with van der Waals surface area (Å²) < 4.78 is 0. The van der Waals surface area contributed by atoms with Crippen molar-refractivity contribution in [2.24, 2.45) is 5.41 Å². The predicted octanol–water partition coefficient (Wildman–Crippen LogP) is 2.20. The lowest BCUT2D eigenvalue weighted by Gasteiger charge is -2.49. The molecule has 1 aliphatic carbocycles. The molecule has 2 N–H and O–H groups in total. The third-order valence-electron chi connectivity index (χ3n) is 4.01. The first-order valence-corrected chi connectivity index (χ1v) is 6.24. The van der Waals surface area contributed by atoms with Crippen LogP contribution in [-0.4, -0.2) is 27.2 Å². The van der Waals surface area contributed by atoms with Gasteiger partial charge in [-0.1, -0.05) is 32.0 Å². The van der Waals surface area contributed by atoms with Gasteiger partial charge in [-0.2, -0.15) is 0 Å². The fraction of sp³-hybridized carbons (Fsp3) is 0.429. The fourth-order valence-corrected chi connectivity index (χ4v) is 2.34. The molecule has 1 aliphatic rings. The van der Waals surface area contributed by atoms with Crippen LogP contribution in [0.3, 0.4) is 0 Å². The Hall–Kier alpha value is -1.68. The van der Waals surface area contributed by atoms with Crippen molar-refractivity contribution in [2.45, 2.75) is 32.4 Å². The van der Waals surface area contributed by atoms with E-state index < -0.39 is 0 Å². The van der Waals surface area contributed by atoms with Gasteiger partial charge in [0.15, 0.2) is 0 Å². The van der Waals surface area contributed by atoms with Gasteiger partial charge in [0, 0.05) is 23.0 Å². The molecular formula is C14H17N3O. The Labute approximate surface area is 106 Å². The summed E-state index contributed by atoms with van der Waals surface area (Å²) >= 11 is 0. The Morgan fingerprint density at radius 3 is 2.83 bits per heavy atom. The van der Waals surface area contributed by atoms with Crippen molar-refractivity contribution < 1.29 is 5.11 Å². The molecule has 0 amide bonds. The molecule has 18 heavy (non-hydrogen) atoms. The van der Waals surface area contributed by atoms with Crippen molar-refractivity contribution in [3.8, 4) is 0 Å². The van der Waals surface area contributed by atoms with Crippen molar-refractivity contribution in [2.75, 3.05) is 5.32 Å². The largest absolute Gasteiger partial charge is 0.392 e. The molecule has 0 spiro atoms. The molecule has 0 bridgehead atoms. The number of aliphatic hydroxyl groups excluding tert-OH is 1. The Kier molecular flexibility index (Phi) is 2.48. The Morgan fingerprint density at radius 2 is 2.11 bits per heavy atom. The summed E-state index contributed by atoms with van der Waals surface area (Å²) in [5, 5.41) is 14.1. The van der Waals surface area contributed by atoms with E-state index in [4.69, 9.17) is 0 Å². The van der Waals surface area contributed by atoms with E-state index in [1.54, 1.807) is 0 Å². The summed E-state index contributed by atoms with van der Waals surface area (Å²) in [6.45, 7) is 4.11. The molecule has 0 saturated heterocycles. The summed E-state index contributed by atoms with van der Waals surface area (Å²) in [7, 11) is 0. The molecule has 1 saturated carbocycles. The van der Waals surface area contributed by atoms with Gasteiger partial charge in [0.25, 0.3) is 0 Å². The number of nitrogens with one attached hydrogen (secondary N) is 1. The molecule has 94 valence electrons. The zero-order valence-corrected chi connectivity index (χ0v) is 10.6. The van der Waals surface area contributed by atoms with E-state index in [9.17, 15) is 5.11 Å². The van der Waals surface area contributed by atoms with Crippen molar-refractivity contribution in [3.63, 3.8) is 0 Å². The molecule has 4 nitrogen and oxygen atoms in total. The summed E-state index contributed by atoms with van der Waals surface area (Å²) in [6.07, 6.45) is 2.34. The Morgan fingerprint density at radius 1 is 1.33 bits per heavy atom. The molecule has 0 radical (unpaired) electrons. The predicted molar refractivity (Wildman–Crippen MR) is 71.4 cm³/mol. The zero-order chi connectivity index (χ0) is 12.8. The van der Waals surface area contributed by atoms with Crippen LogP contribution in [0.5, 0.6) is 0 Å². The zero-order valence-electron chi connectivity index (χ0n) is 10.6. The van der Waals surface area contributed by atoms with E-state index >= 15 is 0 Å². The molecule has 2 aromatic rings. The van der Waals surface area contributed by atoms with Crippen LogP contribution in [0.15, 0.2) is 30.5 Å². The summed E-state index contributed by atoms with van der Waals surface area (Å²) in [5.41, 5.74) is 0.822. The summed E-state index contributed by atoms with van der Waals surface area (Å²) in [5.74, 6) is 0.638. The molecule has 1 aromatic heterocycles. The second-order valence-electron chi connectivity index (χ2n) is 5.52. The molecule has 1 aromatic carbocycles. The number of rotatable bonds is 2. The highest BCUT2D eigenvalue weighted by atomic mass is 16.3. The molecule has 1 heterocycles. The molecule has 2 unspecified atom stereocenters. The van der Waals surface area contributed by atoms with E-state index in [1.165, 1.54) is 0 Å². The minimum absolute atomic E-state index is 0.116. The van der Waals surface area contributed by atoms with Gasteiger partial charge in [-0.15, -0.1) is 0 Å². The van der Waals surface area contributed by atoms with Crippen molar-refractivity contribution >= 4 is 16.9 Å². The van der Waals surface area contributed by atoms with Gasteiger partial charge in [-0.25, -0.2) is 9.97 Å². The number of aliphatic hydroxyl groups is 1. The van der Waals surface area contributed by atoms with Gasteiger partial charge in [0.05, 0.1) is 11.6 Å². The topological polar surface area (TPSA) is 58.0 Å². The number of nitrogens with zero attached hydrogens (tertiary/aromatic N) is 2. The van der Waals surface area contributed by atoms with Crippen LogP contribution >= 0.6 is 0 Å². The normalized spacial score (nSPS) is 25.7. The molecular weight excluding hydrogens is 226 g/mol. The minimum atomic E-state index is -0.240. The highest BCUT2D eigenvalue weighted by Gasteiger charge is 2.47. The monoisotopic (exact) mass is 243 g/mol. The van der Waals surface area contributed by atoms with Gasteiger partial charge in [-0.3, -0.25) is 0 Å². The fourth-order valence-electron chi connectivity index (χ4n) is 2.34. The first-order valence-electron chi connectivity index (χ1n) is 6.24. The quantitative estimate of drug-likeness (QED) is 0.849. The first-order chi connectivity index (χ1) is 8.57. The van der Waals surface area contributed by atoms with Crippen LogP contribution < -0.4 is 5.32 Å². The molecule has 1 fully saturated rings. The number of aromatic nitrogens is 2. The van der Waals surface area contributed by atoms with Crippen LogP contribution in [0, 0.1) is 5.41 Å². The maximum absolute atomic E-state index is 9.72. The van der Waals surface area contributed by atoms with Crippen molar-refractivity contribution in [1.82, 2.24) is 9.97 Å².